The van der Waals surface area contributed by atoms with Crippen molar-refractivity contribution in [2.45, 2.75) is 31.6 Å². The number of likely N-dealkylation sites (N-methyl/N-ethyl adjacent to an activating group) is 1. The quantitative estimate of drug-likeness (QED) is 0.751. The van der Waals surface area contributed by atoms with E-state index in [2.05, 4.69) is 15.2 Å². The minimum atomic E-state index is -0.141. The van der Waals surface area contributed by atoms with Crippen molar-refractivity contribution in [3.8, 4) is 0 Å². The van der Waals surface area contributed by atoms with Gasteiger partial charge in [0.2, 0.25) is 5.82 Å². The van der Waals surface area contributed by atoms with Crippen LogP contribution in [0.5, 0.6) is 0 Å². The number of nitrogens with one attached hydrogen (secondary N) is 1. The van der Waals surface area contributed by atoms with E-state index in [9.17, 15) is 4.79 Å². The van der Waals surface area contributed by atoms with Gasteiger partial charge in [-0.2, -0.15) is 0 Å². The first kappa shape index (κ1) is 12.6. The molecule has 1 amide bonds. The second kappa shape index (κ2) is 5.28. The first-order chi connectivity index (χ1) is 9.24. The van der Waals surface area contributed by atoms with Gasteiger partial charge in [-0.1, -0.05) is 0 Å². The van der Waals surface area contributed by atoms with Crippen molar-refractivity contribution in [3.63, 3.8) is 0 Å². The molecule has 3 rings (SSSR count). The van der Waals surface area contributed by atoms with Gasteiger partial charge in [-0.05, 0) is 31.6 Å². The summed E-state index contributed by atoms with van der Waals surface area (Å²) < 4.78 is 5.53. The molecule has 1 aromatic heterocycles. The molecule has 1 N–H and O–H groups in total. The smallest absolute Gasteiger partial charge is 0.293 e. The van der Waals surface area contributed by atoms with Crippen LogP contribution in [0.25, 0.3) is 0 Å². The van der Waals surface area contributed by atoms with E-state index in [1.807, 2.05) is 0 Å². The molecule has 0 bridgehead atoms. The molecule has 1 aromatic rings. The number of aromatic nitrogens is 3. The van der Waals surface area contributed by atoms with Crippen molar-refractivity contribution < 1.29 is 9.53 Å². The SMILES string of the molecule is CN(CCOCC1CC1)C(=O)c1n[nH]c(C2CC2)n1. The summed E-state index contributed by atoms with van der Waals surface area (Å²) in [7, 11) is 1.76. The second-order valence-electron chi connectivity index (χ2n) is 5.56. The van der Waals surface area contributed by atoms with Crippen molar-refractivity contribution in [3.05, 3.63) is 11.6 Å². The van der Waals surface area contributed by atoms with E-state index >= 15 is 0 Å². The standard InChI is InChI=1S/C13H20N4O2/c1-17(6-7-19-8-9-2-3-9)13(18)12-14-11(15-16-12)10-4-5-10/h9-10H,2-8H2,1H3,(H,14,15,16). The maximum absolute atomic E-state index is 12.1. The lowest BCUT2D eigenvalue weighted by Gasteiger charge is -2.15. The highest BCUT2D eigenvalue weighted by molar-refractivity contribution is 5.90. The third kappa shape index (κ3) is 3.32. The molecule has 1 heterocycles. The molecular formula is C13H20N4O2. The lowest BCUT2D eigenvalue weighted by atomic mass is 10.4. The molecule has 2 aliphatic rings. The fourth-order valence-electron chi connectivity index (χ4n) is 1.92. The monoisotopic (exact) mass is 264 g/mol. The van der Waals surface area contributed by atoms with Gasteiger partial charge in [0.05, 0.1) is 6.61 Å². The third-order valence-electron chi connectivity index (χ3n) is 3.63. The van der Waals surface area contributed by atoms with Crippen molar-refractivity contribution in [1.82, 2.24) is 20.1 Å². The Kier molecular flexibility index (Phi) is 3.50. The summed E-state index contributed by atoms with van der Waals surface area (Å²) >= 11 is 0. The highest BCUT2D eigenvalue weighted by Gasteiger charge is 2.28. The first-order valence-corrected chi connectivity index (χ1v) is 6.99. The van der Waals surface area contributed by atoms with Crippen LogP contribution in [-0.4, -0.2) is 52.8 Å². The summed E-state index contributed by atoms with van der Waals surface area (Å²) in [6.07, 6.45) is 4.87. The Hall–Kier alpha value is -1.43. The molecule has 2 saturated carbocycles. The van der Waals surface area contributed by atoms with Crippen molar-refractivity contribution in [2.24, 2.45) is 5.92 Å². The Bertz CT molecular complexity index is 451. The Morgan fingerprint density at radius 2 is 2.21 bits per heavy atom. The number of rotatable bonds is 7. The molecule has 0 unspecified atom stereocenters. The number of carbonyl (C=O) groups is 1. The molecule has 19 heavy (non-hydrogen) atoms. The minimum absolute atomic E-state index is 0.141. The largest absolute Gasteiger partial charge is 0.379 e. The zero-order valence-electron chi connectivity index (χ0n) is 11.3. The highest BCUT2D eigenvalue weighted by Crippen LogP contribution is 2.37. The Balaban J connectivity index is 1.44. The van der Waals surface area contributed by atoms with E-state index in [0.29, 0.717) is 19.1 Å². The number of H-pyrrole nitrogens is 1. The molecule has 104 valence electrons. The van der Waals surface area contributed by atoms with E-state index < -0.39 is 0 Å². The maximum atomic E-state index is 12.1. The molecule has 2 aliphatic carbocycles. The summed E-state index contributed by atoms with van der Waals surface area (Å²) in [6.45, 7) is 1.99. The lowest BCUT2D eigenvalue weighted by Crippen LogP contribution is -2.31. The average molecular weight is 264 g/mol. The van der Waals surface area contributed by atoms with Gasteiger partial charge in [0, 0.05) is 26.1 Å². The summed E-state index contributed by atoms with van der Waals surface area (Å²) in [6, 6.07) is 0. The van der Waals surface area contributed by atoms with E-state index in [1.165, 1.54) is 12.8 Å². The van der Waals surface area contributed by atoms with Crippen LogP contribution in [0.2, 0.25) is 0 Å². The van der Waals surface area contributed by atoms with Crippen LogP contribution in [0, 0.1) is 5.92 Å². The van der Waals surface area contributed by atoms with Gasteiger partial charge in [0.1, 0.15) is 5.82 Å². The number of nitrogens with zero attached hydrogens (tertiary/aromatic N) is 3. The van der Waals surface area contributed by atoms with Crippen molar-refractivity contribution in [2.75, 3.05) is 26.8 Å². The predicted molar refractivity (Wildman–Crippen MR) is 68.9 cm³/mol. The first-order valence-electron chi connectivity index (χ1n) is 6.99. The minimum Gasteiger partial charge on any atom is -0.379 e. The van der Waals surface area contributed by atoms with Gasteiger partial charge in [0.25, 0.3) is 5.91 Å². The number of ether oxygens (including phenoxy) is 1. The molecule has 0 atom stereocenters. The topological polar surface area (TPSA) is 71.1 Å². The van der Waals surface area contributed by atoms with Gasteiger partial charge in [0.15, 0.2) is 0 Å². The van der Waals surface area contributed by atoms with Crippen LogP contribution >= 0.6 is 0 Å². The predicted octanol–water partition coefficient (Wildman–Crippen LogP) is 1.18. The van der Waals surface area contributed by atoms with Gasteiger partial charge in [-0.15, -0.1) is 5.10 Å². The van der Waals surface area contributed by atoms with E-state index in [0.717, 1.165) is 31.2 Å². The van der Waals surface area contributed by atoms with Crippen molar-refractivity contribution >= 4 is 5.91 Å². The van der Waals surface area contributed by atoms with Crippen LogP contribution in [0.3, 0.4) is 0 Å². The third-order valence-corrected chi connectivity index (χ3v) is 3.63. The molecular weight excluding hydrogens is 244 g/mol. The summed E-state index contributed by atoms with van der Waals surface area (Å²) in [4.78, 5) is 17.9. The van der Waals surface area contributed by atoms with E-state index in [4.69, 9.17) is 4.74 Å². The van der Waals surface area contributed by atoms with Gasteiger partial charge < -0.3 is 9.64 Å². The van der Waals surface area contributed by atoms with Gasteiger partial charge >= 0.3 is 0 Å². The number of amides is 1. The number of hydrogen-bond donors (Lipinski definition) is 1. The number of hydrogen-bond acceptors (Lipinski definition) is 4. The zero-order valence-corrected chi connectivity index (χ0v) is 11.3. The van der Waals surface area contributed by atoms with Crippen molar-refractivity contribution in [1.29, 1.82) is 0 Å². The Morgan fingerprint density at radius 3 is 2.89 bits per heavy atom. The maximum Gasteiger partial charge on any atom is 0.293 e. The van der Waals surface area contributed by atoms with E-state index in [1.54, 1.807) is 11.9 Å². The fourth-order valence-corrected chi connectivity index (χ4v) is 1.92. The zero-order chi connectivity index (χ0) is 13.2. The molecule has 0 aliphatic heterocycles. The van der Waals surface area contributed by atoms with Crippen LogP contribution in [-0.2, 0) is 4.74 Å². The second-order valence-corrected chi connectivity index (χ2v) is 5.56. The van der Waals surface area contributed by atoms with Gasteiger partial charge in [-0.3, -0.25) is 9.89 Å². The Morgan fingerprint density at radius 1 is 1.42 bits per heavy atom. The number of carbonyl (C=O) groups excluding carboxylic acids is 1. The van der Waals surface area contributed by atoms with Crippen LogP contribution in [0.4, 0.5) is 0 Å². The molecule has 0 aromatic carbocycles. The average Bonchev–Trinajstić information content (AvgIpc) is 3.34. The van der Waals surface area contributed by atoms with E-state index in [-0.39, 0.29) is 11.7 Å². The Labute approximate surface area is 112 Å². The molecule has 6 nitrogen and oxygen atoms in total. The number of aromatic amines is 1. The molecule has 0 spiro atoms. The fraction of sp³-hybridized carbons (Fsp3) is 0.769. The molecule has 0 radical (unpaired) electrons. The summed E-state index contributed by atoms with van der Waals surface area (Å²) in [5.41, 5.74) is 0. The van der Waals surface area contributed by atoms with Gasteiger partial charge in [-0.25, -0.2) is 4.98 Å². The van der Waals surface area contributed by atoms with Crippen LogP contribution < -0.4 is 0 Å². The highest BCUT2D eigenvalue weighted by atomic mass is 16.5. The molecule has 0 saturated heterocycles. The van der Waals surface area contributed by atoms with Crippen LogP contribution in [0.1, 0.15) is 48.0 Å². The van der Waals surface area contributed by atoms with Crippen LogP contribution in [0.15, 0.2) is 0 Å². The molecule has 6 heteroatoms. The normalized spacial score (nSPS) is 18.6. The lowest BCUT2D eigenvalue weighted by molar-refractivity contribution is 0.0671. The summed E-state index contributed by atoms with van der Waals surface area (Å²) in [5.74, 6) is 2.22. The summed E-state index contributed by atoms with van der Waals surface area (Å²) in [5, 5.41) is 6.85. The molecule has 2 fully saturated rings.